The number of nitrogens with one attached hydrogen (secondary N) is 1. The van der Waals surface area contributed by atoms with E-state index < -0.39 is 14.9 Å². The number of aryl methyl sites for hydroxylation is 1. The molecule has 2 aromatic rings. The Balaban J connectivity index is 2.40. The molecule has 1 N–H and O–H groups in total. The van der Waals surface area contributed by atoms with Crippen molar-refractivity contribution in [3.05, 3.63) is 50.9 Å². The maximum Gasteiger partial charge on any atom is 0.325 e. The van der Waals surface area contributed by atoms with Gasteiger partial charge in [-0.2, -0.15) is 5.26 Å². The summed E-state index contributed by atoms with van der Waals surface area (Å²) in [6.45, 7) is 1.69. The number of hydrogen-bond donors (Lipinski definition) is 1. The highest BCUT2D eigenvalue weighted by atomic mass is 32.2. The summed E-state index contributed by atoms with van der Waals surface area (Å²) in [7, 11) is -3.97. The smallest absolute Gasteiger partial charge is 0.278 e. The van der Waals surface area contributed by atoms with Crippen LogP contribution in [0.2, 0.25) is 0 Å². The molecule has 0 fully saturated rings. The first-order valence-corrected chi connectivity index (χ1v) is 7.97. The van der Waals surface area contributed by atoms with Crippen molar-refractivity contribution in [2.45, 2.75) is 11.8 Å². The van der Waals surface area contributed by atoms with Crippen LogP contribution >= 0.6 is 11.3 Å². The van der Waals surface area contributed by atoms with Gasteiger partial charge in [-0.15, -0.1) is 0 Å². The first-order chi connectivity index (χ1) is 9.85. The van der Waals surface area contributed by atoms with Crippen LogP contribution in [0.5, 0.6) is 0 Å². The number of sulfonamides is 1. The lowest BCUT2D eigenvalue weighted by Crippen LogP contribution is -2.13. The van der Waals surface area contributed by atoms with Crippen molar-refractivity contribution in [1.29, 1.82) is 5.26 Å². The third-order valence-electron chi connectivity index (χ3n) is 2.68. The number of thiophene rings is 1. The first kappa shape index (κ1) is 15.0. The molecule has 21 heavy (non-hydrogen) atoms. The molecule has 9 heteroatoms. The fourth-order valence-electron chi connectivity index (χ4n) is 1.65. The molecular formula is C12H9N3O4S2. The van der Waals surface area contributed by atoms with E-state index in [9.17, 15) is 18.5 Å². The SMILES string of the molecule is Cc1cccc(NS(=O)(=O)c2csc([N+](=O)[O-])c2)c1C#N. The van der Waals surface area contributed by atoms with Crippen molar-refractivity contribution in [2.24, 2.45) is 0 Å². The minimum Gasteiger partial charge on any atom is -0.278 e. The monoisotopic (exact) mass is 323 g/mol. The second-order valence-corrected chi connectivity index (χ2v) is 6.66. The Labute approximate surface area is 124 Å². The molecule has 0 amide bonds. The summed E-state index contributed by atoms with van der Waals surface area (Å²) in [6, 6.07) is 7.67. The van der Waals surface area contributed by atoms with E-state index in [1.165, 1.54) is 11.4 Å². The van der Waals surface area contributed by atoms with Crippen LogP contribution in [-0.4, -0.2) is 13.3 Å². The average Bonchev–Trinajstić information content (AvgIpc) is 2.89. The molecule has 1 aromatic heterocycles. The van der Waals surface area contributed by atoms with Crippen LogP contribution in [0.1, 0.15) is 11.1 Å². The number of hydrogen-bond acceptors (Lipinski definition) is 6. The summed E-state index contributed by atoms with van der Waals surface area (Å²) in [4.78, 5) is 9.74. The van der Waals surface area contributed by atoms with Gasteiger partial charge in [-0.3, -0.25) is 14.8 Å². The van der Waals surface area contributed by atoms with Crippen LogP contribution in [-0.2, 0) is 10.0 Å². The van der Waals surface area contributed by atoms with E-state index in [2.05, 4.69) is 4.72 Å². The van der Waals surface area contributed by atoms with E-state index in [0.717, 1.165) is 17.4 Å². The number of anilines is 1. The maximum atomic E-state index is 12.2. The van der Waals surface area contributed by atoms with Crippen molar-refractivity contribution < 1.29 is 13.3 Å². The van der Waals surface area contributed by atoms with Gasteiger partial charge in [0.15, 0.2) is 0 Å². The highest BCUT2D eigenvalue weighted by Gasteiger charge is 2.21. The molecule has 2 rings (SSSR count). The predicted octanol–water partition coefficient (Wildman–Crippen LogP) is 2.64. The molecule has 0 bridgehead atoms. The molecule has 1 aromatic carbocycles. The zero-order valence-corrected chi connectivity index (χ0v) is 12.4. The highest BCUT2D eigenvalue weighted by molar-refractivity contribution is 7.92. The maximum absolute atomic E-state index is 12.2. The van der Waals surface area contributed by atoms with Crippen LogP contribution in [0.15, 0.2) is 34.5 Å². The molecule has 0 aliphatic heterocycles. The van der Waals surface area contributed by atoms with Crippen LogP contribution in [0.25, 0.3) is 0 Å². The molecule has 0 radical (unpaired) electrons. The van der Waals surface area contributed by atoms with Gasteiger partial charge in [0, 0.05) is 11.4 Å². The Kier molecular flexibility index (Phi) is 3.93. The van der Waals surface area contributed by atoms with Crippen molar-refractivity contribution in [3.63, 3.8) is 0 Å². The zero-order valence-electron chi connectivity index (χ0n) is 10.7. The van der Waals surface area contributed by atoms with Crippen molar-refractivity contribution in [2.75, 3.05) is 4.72 Å². The number of nitrogens with zero attached hydrogens (tertiary/aromatic N) is 2. The van der Waals surface area contributed by atoms with E-state index >= 15 is 0 Å². The molecule has 0 unspecified atom stereocenters. The molecule has 1 heterocycles. The Bertz CT molecular complexity index is 850. The molecule has 7 nitrogen and oxygen atoms in total. The first-order valence-electron chi connectivity index (χ1n) is 5.60. The van der Waals surface area contributed by atoms with Gasteiger partial charge < -0.3 is 0 Å². The van der Waals surface area contributed by atoms with Gasteiger partial charge in [0.25, 0.3) is 10.0 Å². The minimum absolute atomic E-state index is 0.145. The Hall–Kier alpha value is -2.44. The van der Waals surface area contributed by atoms with Gasteiger partial charge >= 0.3 is 5.00 Å². The number of nitriles is 1. The van der Waals surface area contributed by atoms with Gasteiger partial charge in [0.05, 0.1) is 16.2 Å². The summed E-state index contributed by atoms with van der Waals surface area (Å²) >= 11 is 0.725. The lowest BCUT2D eigenvalue weighted by Gasteiger charge is -2.09. The lowest BCUT2D eigenvalue weighted by atomic mass is 10.1. The van der Waals surface area contributed by atoms with Crippen molar-refractivity contribution >= 4 is 32.0 Å². The summed E-state index contributed by atoms with van der Waals surface area (Å²) in [6.07, 6.45) is 0. The largest absolute Gasteiger partial charge is 0.325 e. The summed E-state index contributed by atoms with van der Waals surface area (Å²) in [5.41, 5.74) is 0.992. The summed E-state index contributed by atoms with van der Waals surface area (Å²) < 4.78 is 26.6. The fourth-order valence-corrected chi connectivity index (χ4v) is 3.81. The molecular weight excluding hydrogens is 314 g/mol. The van der Waals surface area contributed by atoms with Crippen LogP contribution in [0.3, 0.4) is 0 Å². The Morgan fingerprint density at radius 2 is 2.14 bits per heavy atom. The van der Waals surface area contributed by atoms with Crippen LogP contribution in [0, 0.1) is 28.4 Å². The molecule has 0 spiro atoms. The molecule has 0 saturated carbocycles. The lowest BCUT2D eigenvalue weighted by molar-refractivity contribution is -0.380. The van der Waals surface area contributed by atoms with Crippen molar-refractivity contribution in [1.82, 2.24) is 0 Å². The Morgan fingerprint density at radius 1 is 1.43 bits per heavy atom. The topological polar surface area (TPSA) is 113 Å². The van der Waals surface area contributed by atoms with Crippen LogP contribution in [0.4, 0.5) is 10.7 Å². The van der Waals surface area contributed by atoms with Gasteiger partial charge in [-0.1, -0.05) is 23.5 Å². The second kappa shape index (κ2) is 5.51. The standard InChI is InChI=1S/C12H9N3O4S2/c1-8-3-2-4-11(10(8)6-13)14-21(18,19)9-5-12(15(16)17)20-7-9/h2-5,7,14H,1H3. The van der Waals surface area contributed by atoms with E-state index in [4.69, 9.17) is 5.26 Å². The number of rotatable bonds is 4. The van der Waals surface area contributed by atoms with E-state index in [1.54, 1.807) is 19.1 Å². The third kappa shape index (κ3) is 3.01. The van der Waals surface area contributed by atoms with Gasteiger partial charge in [0.2, 0.25) is 0 Å². The van der Waals surface area contributed by atoms with Gasteiger partial charge in [-0.25, -0.2) is 8.42 Å². The van der Waals surface area contributed by atoms with Gasteiger partial charge in [0.1, 0.15) is 11.0 Å². The minimum atomic E-state index is -3.97. The highest BCUT2D eigenvalue weighted by Crippen LogP contribution is 2.28. The zero-order chi connectivity index (χ0) is 15.6. The van der Waals surface area contributed by atoms with E-state index in [1.807, 2.05) is 6.07 Å². The number of nitro groups is 1. The normalized spacial score (nSPS) is 10.9. The molecule has 0 saturated heterocycles. The quantitative estimate of drug-likeness (QED) is 0.686. The molecule has 0 atom stereocenters. The fraction of sp³-hybridized carbons (Fsp3) is 0.0833. The number of benzene rings is 1. The molecule has 108 valence electrons. The second-order valence-electron chi connectivity index (χ2n) is 4.09. The summed E-state index contributed by atoms with van der Waals surface area (Å²) in [5, 5.41) is 20.6. The van der Waals surface area contributed by atoms with Crippen molar-refractivity contribution in [3.8, 4) is 6.07 Å². The van der Waals surface area contributed by atoms with Crippen LogP contribution < -0.4 is 4.72 Å². The summed E-state index contributed by atoms with van der Waals surface area (Å²) in [5.74, 6) is 0. The predicted molar refractivity (Wildman–Crippen MR) is 77.7 cm³/mol. The van der Waals surface area contributed by atoms with E-state index in [-0.39, 0.29) is 21.1 Å². The van der Waals surface area contributed by atoms with E-state index in [0.29, 0.717) is 5.56 Å². The molecule has 0 aliphatic rings. The average molecular weight is 323 g/mol. The third-order valence-corrected chi connectivity index (χ3v) is 5.06. The molecule has 0 aliphatic carbocycles. The Morgan fingerprint density at radius 3 is 2.71 bits per heavy atom. The van der Waals surface area contributed by atoms with Gasteiger partial charge in [-0.05, 0) is 18.6 Å².